The number of likely N-dealkylation sites (tertiary alicyclic amines) is 1. The Morgan fingerprint density at radius 2 is 2.24 bits per heavy atom. The van der Waals surface area contributed by atoms with Crippen LogP contribution in [0, 0.1) is 5.92 Å². The number of hydrogen-bond acceptors (Lipinski definition) is 4. The van der Waals surface area contributed by atoms with Crippen LogP contribution in [0.15, 0.2) is 18.2 Å². The van der Waals surface area contributed by atoms with E-state index in [1.54, 1.807) is 12.1 Å². The van der Waals surface area contributed by atoms with Crippen LogP contribution >= 0.6 is 0 Å². The average Bonchev–Trinajstić information content (AvgIpc) is 2.88. The van der Waals surface area contributed by atoms with E-state index in [0.717, 1.165) is 5.56 Å². The third kappa shape index (κ3) is 4.04. The molecular formula is C14H17F2NO4. The largest absolute Gasteiger partial charge is 0.493 e. The number of methoxy groups -OCH3 is 1. The number of benzene rings is 1. The highest BCUT2D eigenvalue weighted by molar-refractivity contribution is 5.70. The molecule has 1 saturated heterocycles. The Kier molecular flexibility index (Phi) is 4.95. The monoisotopic (exact) mass is 301 g/mol. The van der Waals surface area contributed by atoms with Gasteiger partial charge < -0.3 is 14.6 Å². The van der Waals surface area contributed by atoms with Crippen LogP contribution < -0.4 is 9.47 Å². The van der Waals surface area contributed by atoms with Crippen molar-refractivity contribution in [3.8, 4) is 11.5 Å². The minimum absolute atomic E-state index is 0.0129. The first-order valence-electron chi connectivity index (χ1n) is 6.56. The molecule has 0 spiro atoms. The van der Waals surface area contributed by atoms with Crippen LogP contribution in [0.5, 0.6) is 11.5 Å². The fourth-order valence-electron chi connectivity index (χ4n) is 2.44. The molecule has 1 aromatic carbocycles. The summed E-state index contributed by atoms with van der Waals surface area (Å²) in [5.74, 6) is -0.896. The number of alkyl halides is 2. The van der Waals surface area contributed by atoms with Crippen LogP contribution in [0.3, 0.4) is 0 Å². The lowest BCUT2D eigenvalue weighted by molar-refractivity contribution is -0.141. The number of halogens is 2. The summed E-state index contributed by atoms with van der Waals surface area (Å²) in [6.45, 7) is -1.16. The van der Waals surface area contributed by atoms with E-state index in [4.69, 9.17) is 9.84 Å². The van der Waals surface area contributed by atoms with Crippen LogP contribution in [-0.2, 0) is 11.3 Å². The Balaban J connectivity index is 2.03. The Hall–Kier alpha value is -1.89. The third-order valence-electron chi connectivity index (χ3n) is 3.47. The Morgan fingerprint density at radius 1 is 1.48 bits per heavy atom. The molecule has 1 atom stereocenters. The quantitative estimate of drug-likeness (QED) is 0.873. The number of carboxylic acid groups (broad SMARTS) is 1. The van der Waals surface area contributed by atoms with E-state index < -0.39 is 12.6 Å². The smallest absolute Gasteiger partial charge is 0.387 e. The molecule has 1 unspecified atom stereocenters. The Bertz CT molecular complexity index is 510. The number of nitrogens with zero attached hydrogens (tertiary/aromatic N) is 1. The summed E-state index contributed by atoms with van der Waals surface area (Å²) in [5, 5.41) is 8.97. The fraction of sp³-hybridized carbons (Fsp3) is 0.500. The van der Waals surface area contributed by atoms with Crippen LogP contribution in [0.2, 0.25) is 0 Å². The summed E-state index contributed by atoms with van der Waals surface area (Å²) >= 11 is 0. The highest BCUT2D eigenvalue weighted by Gasteiger charge is 2.27. The summed E-state index contributed by atoms with van der Waals surface area (Å²) in [6, 6.07) is 4.74. The van der Waals surface area contributed by atoms with Crippen LogP contribution in [0.25, 0.3) is 0 Å². The molecule has 1 heterocycles. The lowest BCUT2D eigenvalue weighted by Gasteiger charge is -2.17. The van der Waals surface area contributed by atoms with E-state index in [1.807, 2.05) is 4.90 Å². The standard InChI is InChI=1S/C14H17F2NO4/c1-20-12-6-9(2-3-11(12)21-14(15)16)7-17-5-4-10(8-17)13(18)19/h2-3,6,10,14H,4-5,7-8H2,1H3,(H,18,19). The minimum atomic E-state index is -2.90. The summed E-state index contributed by atoms with van der Waals surface area (Å²) in [5.41, 5.74) is 0.861. The maximum Gasteiger partial charge on any atom is 0.387 e. The predicted octanol–water partition coefficient (Wildman–Crippen LogP) is 2.20. The minimum Gasteiger partial charge on any atom is -0.493 e. The van der Waals surface area contributed by atoms with Gasteiger partial charge in [-0.1, -0.05) is 6.07 Å². The van der Waals surface area contributed by atoms with Crippen molar-refractivity contribution in [2.45, 2.75) is 19.6 Å². The molecule has 1 N–H and O–H groups in total. The molecule has 116 valence electrons. The Morgan fingerprint density at radius 3 is 2.81 bits per heavy atom. The van der Waals surface area contributed by atoms with Gasteiger partial charge in [-0.25, -0.2) is 0 Å². The molecule has 1 aliphatic heterocycles. The van der Waals surface area contributed by atoms with Gasteiger partial charge in [0.15, 0.2) is 11.5 Å². The fourth-order valence-corrected chi connectivity index (χ4v) is 2.44. The van der Waals surface area contributed by atoms with E-state index in [9.17, 15) is 13.6 Å². The highest BCUT2D eigenvalue weighted by Crippen LogP contribution is 2.30. The molecule has 1 fully saturated rings. The first-order valence-corrected chi connectivity index (χ1v) is 6.56. The summed E-state index contributed by atoms with van der Waals surface area (Å²) in [7, 11) is 1.38. The van der Waals surface area contributed by atoms with Crippen LogP contribution in [0.4, 0.5) is 8.78 Å². The van der Waals surface area contributed by atoms with Crippen LogP contribution in [0.1, 0.15) is 12.0 Å². The Labute approximate surface area is 121 Å². The molecule has 2 rings (SSSR count). The number of aliphatic carboxylic acids is 1. The zero-order valence-corrected chi connectivity index (χ0v) is 11.6. The zero-order valence-electron chi connectivity index (χ0n) is 11.6. The molecule has 0 aromatic heterocycles. The molecular weight excluding hydrogens is 284 g/mol. The van der Waals surface area contributed by atoms with Gasteiger partial charge in [0.2, 0.25) is 0 Å². The van der Waals surface area contributed by atoms with Gasteiger partial charge in [-0.3, -0.25) is 9.69 Å². The normalized spacial score (nSPS) is 19.0. The van der Waals surface area contributed by atoms with Crippen LogP contribution in [-0.4, -0.2) is 42.8 Å². The third-order valence-corrected chi connectivity index (χ3v) is 3.47. The predicted molar refractivity (Wildman–Crippen MR) is 70.6 cm³/mol. The number of hydrogen-bond donors (Lipinski definition) is 1. The summed E-state index contributed by atoms with van der Waals surface area (Å²) < 4.78 is 33.9. The first kappa shape index (κ1) is 15.5. The van der Waals surface area contributed by atoms with E-state index >= 15 is 0 Å². The summed E-state index contributed by atoms with van der Waals surface area (Å²) in [4.78, 5) is 12.9. The molecule has 5 nitrogen and oxygen atoms in total. The van der Waals surface area contributed by atoms with E-state index in [-0.39, 0.29) is 17.4 Å². The highest BCUT2D eigenvalue weighted by atomic mass is 19.3. The van der Waals surface area contributed by atoms with E-state index in [1.165, 1.54) is 13.2 Å². The van der Waals surface area contributed by atoms with Crippen molar-refractivity contribution in [3.05, 3.63) is 23.8 Å². The van der Waals surface area contributed by atoms with Gasteiger partial charge in [0.25, 0.3) is 0 Å². The molecule has 0 bridgehead atoms. The van der Waals surface area contributed by atoms with Crippen molar-refractivity contribution in [2.24, 2.45) is 5.92 Å². The van der Waals surface area contributed by atoms with Gasteiger partial charge in [-0.05, 0) is 30.7 Å². The van der Waals surface area contributed by atoms with E-state index in [2.05, 4.69) is 4.74 Å². The van der Waals surface area contributed by atoms with Gasteiger partial charge in [0.05, 0.1) is 13.0 Å². The number of rotatable bonds is 6. The molecule has 21 heavy (non-hydrogen) atoms. The number of carboxylic acids is 1. The number of ether oxygens (including phenoxy) is 2. The first-order chi connectivity index (χ1) is 9.99. The zero-order chi connectivity index (χ0) is 15.4. The van der Waals surface area contributed by atoms with Crippen molar-refractivity contribution < 1.29 is 28.2 Å². The second kappa shape index (κ2) is 6.71. The van der Waals surface area contributed by atoms with Crippen molar-refractivity contribution in [3.63, 3.8) is 0 Å². The van der Waals surface area contributed by atoms with Crippen molar-refractivity contribution in [1.29, 1.82) is 0 Å². The van der Waals surface area contributed by atoms with Crippen molar-refractivity contribution >= 4 is 5.97 Å². The molecule has 7 heteroatoms. The lowest BCUT2D eigenvalue weighted by atomic mass is 10.1. The van der Waals surface area contributed by atoms with Gasteiger partial charge in [0.1, 0.15) is 0 Å². The second-order valence-corrected chi connectivity index (χ2v) is 4.92. The van der Waals surface area contributed by atoms with Crippen molar-refractivity contribution in [1.82, 2.24) is 4.90 Å². The maximum absolute atomic E-state index is 12.2. The SMILES string of the molecule is COc1cc(CN2CCC(C(=O)O)C2)ccc1OC(F)F. The van der Waals surface area contributed by atoms with Gasteiger partial charge in [0, 0.05) is 13.1 Å². The van der Waals surface area contributed by atoms with Gasteiger partial charge in [-0.15, -0.1) is 0 Å². The maximum atomic E-state index is 12.2. The van der Waals surface area contributed by atoms with E-state index in [0.29, 0.717) is 26.1 Å². The molecule has 1 aliphatic rings. The van der Waals surface area contributed by atoms with Gasteiger partial charge in [-0.2, -0.15) is 8.78 Å². The summed E-state index contributed by atoms with van der Waals surface area (Å²) in [6.07, 6.45) is 0.624. The molecule has 0 amide bonds. The topological polar surface area (TPSA) is 59.0 Å². The molecule has 1 aromatic rings. The van der Waals surface area contributed by atoms with Gasteiger partial charge >= 0.3 is 12.6 Å². The average molecular weight is 301 g/mol. The molecule has 0 radical (unpaired) electrons. The second-order valence-electron chi connectivity index (χ2n) is 4.92. The lowest BCUT2D eigenvalue weighted by Crippen LogP contribution is -2.22. The molecule has 0 saturated carbocycles. The van der Waals surface area contributed by atoms with Crippen molar-refractivity contribution in [2.75, 3.05) is 20.2 Å². The number of carbonyl (C=O) groups is 1. The molecule has 0 aliphatic carbocycles.